The van der Waals surface area contributed by atoms with E-state index in [9.17, 15) is 18.0 Å². The van der Waals surface area contributed by atoms with Gasteiger partial charge in [0.2, 0.25) is 5.91 Å². The molecule has 0 saturated carbocycles. The number of nitrogens with one attached hydrogen (secondary N) is 1. The number of sulfone groups is 1. The van der Waals surface area contributed by atoms with Crippen molar-refractivity contribution >= 4 is 21.7 Å². The lowest BCUT2D eigenvalue weighted by Gasteiger charge is -2.14. The van der Waals surface area contributed by atoms with E-state index in [2.05, 4.69) is 5.32 Å². The molecule has 0 aromatic carbocycles. The zero-order chi connectivity index (χ0) is 12.2. The summed E-state index contributed by atoms with van der Waals surface area (Å²) in [6.07, 6.45) is 0.921. The van der Waals surface area contributed by atoms with Gasteiger partial charge in [0.25, 0.3) is 0 Å². The Balaban J connectivity index is 4.57. The lowest BCUT2D eigenvalue weighted by atomic mass is 10.2. The van der Waals surface area contributed by atoms with Crippen LogP contribution in [0.5, 0.6) is 0 Å². The molecule has 0 rings (SSSR count). The third-order valence-electron chi connectivity index (χ3n) is 1.61. The van der Waals surface area contributed by atoms with Crippen molar-refractivity contribution in [3.8, 4) is 0 Å². The van der Waals surface area contributed by atoms with Gasteiger partial charge in [-0.05, 0) is 0 Å². The summed E-state index contributed by atoms with van der Waals surface area (Å²) in [4.78, 5) is 21.8. The molecule has 0 aliphatic heterocycles. The number of carboxylic acids is 1. The maximum atomic E-state index is 11.2. The predicted octanol–water partition coefficient (Wildman–Crippen LogP) is -0.744. The quantitative estimate of drug-likeness (QED) is 0.655. The molecule has 0 aliphatic rings. The number of carbonyl (C=O) groups is 2. The summed E-state index contributed by atoms with van der Waals surface area (Å²) in [7, 11) is -3.44. The molecule has 0 radical (unpaired) electrons. The van der Waals surface area contributed by atoms with E-state index < -0.39 is 33.5 Å². The summed E-state index contributed by atoms with van der Waals surface area (Å²) < 4.78 is 21.8. The fourth-order valence-electron chi connectivity index (χ4n) is 0.816. The molecular formula is C8H15NO5S. The number of aliphatic carboxylic acids is 1. The van der Waals surface area contributed by atoms with Crippen LogP contribution in [0.4, 0.5) is 0 Å². The second-order valence-corrected chi connectivity index (χ2v) is 5.83. The average molecular weight is 237 g/mol. The zero-order valence-electron chi connectivity index (χ0n) is 8.85. The van der Waals surface area contributed by atoms with E-state index in [0.717, 1.165) is 6.26 Å². The second kappa shape index (κ2) is 5.11. The number of hydrogen-bond donors (Lipinski definition) is 2. The van der Waals surface area contributed by atoms with E-state index >= 15 is 0 Å². The molecule has 0 bridgehead atoms. The molecule has 1 atom stereocenters. The van der Waals surface area contributed by atoms with Crippen LogP contribution in [0, 0.1) is 5.92 Å². The molecule has 88 valence electrons. The highest BCUT2D eigenvalue weighted by Gasteiger charge is 2.25. The zero-order valence-corrected chi connectivity index (χ0v) is 9.67. The molecule has 0 aromatic heterocycles. The van der Waals surface area contributed by atoms with Gasteiger partial charge in [-0.3, -0.25) is 4.79 Å². The fraction of sp³-hybridized carbons (Fsp3) is 0.750. The Morgan fingerprint density at radius 1 is 1.33 bits per heavy atom. The van der Waals surface area contributed by atoms with E-state index in [1.54, 1.807) is 13.8 Å². The lowest BCUT2D eigenvalue weighted by Crippen LogP contribution is -2.46. The van der Waals surface area contributed by atoms with E-state index in [-0.39, 0.29) is 5.92 Å². The van der Waals surface area contributed by atoms with Gasteiger partial charge in [-0.15, -0.1) is 0 Å². The minimum absolute atomic E-state index is 0.383. The average Bonchev–Trinajstić information content (AvgIpc) is 1.99. The largest absolute Gasteiger partial charge is 0.480 e. The standard InChI is InChI=1S/C8H15NO5S/c1-5(2)7(10)9-6(8(11)12)4-15(3,13)14/h5-6H,4H2,1-3H3,(H,9,10)(H,11,12). The highest BCUT2D eigenvalue weighted by Crippen LogP contribution is 1.96. The number of carboxylic acid groups (broad SMARTS) is 1. The van der Waals surface area contributed by atoms with Gasteiger partial charge >= 0.3 is 5.97 Å². The van der Waals surface area contributed by atoms with Crippen LogP contribution in [-0.4, -0.2) is 43.5 Å². The molecule has 15 heavy (non-hydrogen) atoms. The van der Waals surface area contributed by atoms with Gasteiger partial charge in [0.1, 0.15) is 15.9 Å². The topological polar surface area (TPSA) is 101 Å². The van der Waals surface area contributed by atoms with E-state index in [1.807, 2.05) is 0 Å². The molecule has 1 amide bonds. The SMILES string of the molecule is CC(C)C(=O)NC(CS(C)(=O)=O)C(=O)O. The summed E-state index contributed by atoms with van der Waals surface area (Å²) in [5.41, 5.74) is 0. The highest BCUT2D eigenvalue weighted by atomic mass is 32.2. The van der Waals surface area contributed by atoms with Gasteiger partial charge in [-0.25, -0.2) is 13.2 Å². The first kappa shape index (κ1) is 13.9. The van der Waals surface area contributed by atoms with Crippen molar-refractivity contribution in [2.45, 2.75) is 19.9 Å². The Morgan fingerprint density at radius 2 is 1.80 bits per heavy atom. The highest BCUT2D eigenvalue weighted by molar-refractivity contribution is 7.90. The first-order valence-corrected chi connectivity index (χ1v) is 6.40. The lowest BCUT2D eigenvalue weighted by molar-refractivity contribution is -0.141. The molecule has 0 heterocycles. The van der Waals surface area contributed by atoms with Crippen molar-refractivity contribution in [1.29, 1.82) is 0 Å². The van der Waals surface area contributed by atoms with E-state index in [1.165, 1.54) is 0 Å². The van der Waals surface area contributed by atoms with Crippen LogP contribution in [0.3, 0.4) is 0 Å². The van der Waals surface area contributed by atoms with E-state index in [4.69, 9.17) is 5.11 Å². The number of carbonyl (C=O) groups excluding carboxylic acids is 1. The Labute approximate surface area is 88.6 Å². The van der Waals surface area contributed by atoms with Crippen LogP contribution < -0.4 is 5.32 Å². The maximum Gasteiger partial charge on any atom is 0.327 e. The summed E-state index contributed by atoms with van der Waals surface area (Å²) in [5.74, 6) is -2.81. The number of rotatable bonds is 5. The van der Waals surface area contributed by atoms with Crippen LogP contribution in [-0.2, 0) is 19.4 Å². The smallest absolute Gasteiger partial charge is 0.327 e. The molecule has 2 N–H and O–H groups in total. The Kier molecular flexibility index (Phi) is 4.73. The first-order valence-electron chi connectivity index (χ1n) is 4.34. The van der Waals surface area contributed by atoms with Crippen molar-refractivity contribution in [3.63, 3.8) is 0 Å². The minimum atomic E-state index is -3.44. The molecule has 1 unspecified atom stereocenters. The van der Waals surface area contributed by atoms with Crippen LogP contribution in [0.2, 0.25) is 0 Å². The summed E-state index contributed by atoms with van der Waals surface area (Å²) >= 11 is 0. The van der Waals surface area contributed by atoms with Gasteiger partial charge in [0, 0.05) is 12.2 Å². The first-order chi connectivity index (χ1) is 6.63. The van der Waals surface area contributed by atoms with Crippen molar-refractivity contribution < 1.29 is 23.1 Å². The third kappa shape index (κ3) is 6.05. The fourth-order valence-corrected chi connectivity index (χ4v) is 1.65. The molecule has 0 spiro atoms. The molecule has 0 fully saturated rings. The molecule has 6 nitrogen and oxygen atoms in total. The van der Waals surface area contributed by atoms with Crippen LogP contribution >= 0.6 is 0 Å². The van der Waals surface area contributed by atoms with Crippen LogP contribution in [0.15, 0.2) is 0 Å². The molecular weight excluding hydrogens is 222 g/mol. The van der Waals surface area contributed by atoms with Crippen LogP contribution in [0.25, 0.3) is 0 Å². The van der Waals surface area contributed by atoms with E-state index in [0.29, 0.717) is 0 Å². The Bertz CT molecular complexity index is 346. The second-order valence-electron chi connectivity index (χ2n) is 3.65. The maximum absolute atomic E-state index is 11.2. The van der Waals surface area contributed by atoms with Gasteiger partial charge < -0.3 is 10.4 Å². The van der Waals surface area contributed by atoms with Crippen molar-refractivity contribution in [2.75, 3.05) is 12.0 Å². The van der Waals surface area contributed by atoms with Crippen LogP contribution in [0.1, 0.15) is 13.8 Å². The molecule has 0 saturated heterocycles. The normalized spacial score (nSPS) is 13.6. The minimum Gasteiger partial charge on any atom is -0.480 e. The molecule has 0 aliphatic carbocycles. The Morgan fingerprint density at radius 3 is 2.07 bits per heavy atom. The molecule has 0 aromatic rings. The van der Waals surface area contributed by atoms with Gasteiger partial charge in [-0.1, -0.05) is 13.8 Å². The summed E-state index contributed by atoms with van der Waals surface area (Å²) in [5, 5.41) is 10.8. The third-order valence-corrected chi connectivity index (χ3v) is 2.55. The van der Waals surface area contributed by atoms with Gasteiger partial charge in [-0.2, -0.15) is 0 Å². The van der Waals surface area contributed by atoms with Crippen molar-refractivity contribution in [1.82, 2.24) is 5.32 Å². The van der Waals surface area contributed by atoms with Crippen molar-refractivity contribution in [3.05, 3.63) is 0 Å². The van der Waals surface area contributed by atoms with Gasteiger partial charge in [0.05, 0.1) is 5.75 Å². The summed E-state index contributed by atoms with van der Waals surface area (Å²) in [6.45, 7) is 3.18. The summed E-state index contributed by atoms with van der Waals surface area (Å²) in [6, 6.07) is -1.38. The number of amides is 1. The van der Waals surface area contributed by atoms with Gasteiger partial charge in [0.15, 0.2) is 0 Å². The predicted molar refractivity (Wildman–Crippen MR) is 54.1 cm³/mol. The molecule has 7 heteroatoms. The number of hydrogen-bond acceptors (Lipinski definition) is 4. The Hall–Kier alpha value is -1.11. The van der Waals surface area contributed by atoms with Crippen molar-refractivity contribution in [2.24, 2.45) is 5.92 Å². The monoisotopic (exact) mass is 237 g/mol.